The molecule has 2 aliphatic rings. The zero-order valence-corrected chi connectivity index (χ0v) is 9.96. The van der Waals surface area contributed by atoms with Crippen LogP contribution in [0.15, 0.2) is 18.5 Å². The second-order valence-corrected chi connectivity index (χ2v) is 4.62. The van der Waals surface area contributed by atoms with Gasteiger partial charge in [0.05, 0.1) is 12.7 Å². The van der Waals surface area contributed by atoms with E-state index in [1.807, 2.05) is 6.07 Å². The Morgan fingerprint density at radius 1 is 1.18 bits per heavy atom. The van der Waals surface area contributed by atoms with Gasteiger partial charge in [-0.25, -0.2) is 9.97 Å². The van der Waals surface area contributed by atoms with Crippen molar-refractivity contribution in [3.05, 3.63) is 18.5 Å². The Labute approximate surface area is 101 Å². The third-order valence-corrected chi connectivity index (χ3v) is 3.38. The van der Waals surface area contributed by atoms with Crippen LogP contribution >= 0.6 is 0 Å². The maximum absolute atomic E-state index is 5.23. The molecule has 0 saturated carbocycles. The summed E-state index contributed by atoms with van der Waals surface area (Å²) >= 11 is 0. The van der Waals surface area contributed by atoms with E-state index in [9.17, 15) is 0 Å². The lowest BCUT2D eigenvalue weighted by molar-refractivity contribution is 0.241. The van der Waals surface area contributed by atoms with Gasteiger partial charge in [0.2, 0.25) is 5.95 Å². The molecule has 0 bridgehead atoms. The summed E-state index contributed by atoms with van der Waals surface area (Å²) in [5.74, 6) is 0.859. The predicted octanol–water partition coefficient (Wildman–Crippen LogP) is 0.387. The van der Waals surface area contributed by atoms with Crippen molar-refractivity contribution in [1.82, 2.24) is 14.9 Å². The first-order chi connectivity index (χ1) is 8.42. The third-order valence-electron chi connectivity index (χ3n) is 3.38. The van der Waals surface area contributed by atoms with Crippen molar-refractivity contribution in [2.45, 2.75) is 12.5 Å². The predicted molar refractivity (Wildman–Crippen MR) is 65.0 cm³/mol. The van der Waals surface area contributed by atoms with Crippen molar-refractivity contribution in [2.24, 2.45) is 0 Å². The Morgan fingerprint density at radius 2 is 1.88 bits per heavy atom. The van der Waals surface area contributed by atoms with Crippen LogP contribution in [-0.4, -0.2) is 60.3 Å². The number of ether oxygens (including phenoxy) is 1. The van der Waals surface area contributed by atoms with Crippen LogP contribution in [0.2, 0.25) is 0 Å². The molecular weight excluding hydrogens is 216 g/mol. The van der Waals surface area contributed by atoms with Gasteiger partial charge in [0, 0.05) is 45.1 Å². The Balaban J connectivity index is 1.46. The molecule has 5 heteroatoms. The Bertz CT molecular complexity index is 347. The molecule has 1 aromatic heterocycles. The van der Waals surface area contributed by atoms with Gasteiger partial charge in [-0.2, -0.15) is 0 Å². The van der Waals surface area contributed by atoms with Gasteiger partial charge >= 0.3 is 0 Å². The molecule has 2 saturated heterocycles. The van der Waals surface area contributed by atoms with Gasteiger partial charge in [0.15, 0.2) is 0 Å². The summed E-state index contributed by atoms with van der Waals surface area (Å²) in [4.78, 5) is 13.3. The van der Waals surface area contributed by atoms with E-state index in [4.69, 9.17) is 4.74 Å². The minimum atomic E-state index is 0.547. The molecule has 0 radical (unpaired) electrons. The summed E-state index contributed by atoms with van der Waals surface area (Å²) in [7, 11) is 0. The van der Waals surface area contributed by atoms with E-state index in [-0.39, 0.29) is 0 Å². The second-order valence-electron chi connectivity index (χ2n) is 4.62. The number of nitrogens with zero attached hydrogens (tertiary/aromatic N) is 4. The minimum Gasteiger partial charge on any atom is -0.373 e. The normalized spacial score (nSPS) is 24.9. The highest BCUT2D eigenvalue weighted by molar-refractivity contribution is 5.29. The summed E-state index contributed by atoms with van der Waals surface area (Å²) in [6, 6.07) is 1.86. The molecule has 3 rings (SSSR count). The van der Waals surface area contributed by atoms with Gasteiger partial charge < -0.3 is 9.64 Å². The molecule has 1 aromatic rings. The zero-order chi connectivity index (χ0) is 11.5. The first-order valence-electron chi connectivity index (χ1n) is 6.28. The molecule has 0 amide bonds. The maximum Gasteiger partial charge on any atom is 0.225 e. The lowest BCUT2D eigenvalue weighted by Gasteiger charge is -2.34. The number of hydrogen-bond donors (Lipinski definition) is 0. The number of epoxide rings is 1. The number of rotatable bonds is 4. The molecule has 17 heavy (non-hydrogen) atoms. The maximum atomic E-state index is 5.23. The lowest BCUT2D eigenvalue weighted by Crippen LogP contribution is -2.47. The molecule has 2 aliphatic heterocycles. The van der Waals surface area contributed by atoms with Crippen LogP contribution < -0.4 is 4.90 Å². The molecule has 92 valence electrons. The van der Waals surface area contributed by atoms with Gasteiger partial charge in [-0.05, 0) is 12.5 Å². The molecule has 0 N–H and O–H groups in total. The van der Waals surface area contributed by atoms with Crippen LogP contribution in [-0.2, 0) is 4.74 Å². The monoisotopic (exact) mass is 234 g/mol. The highest BCUT2D eigenvalue weighted by Gasteiger charge is 2.24. The first-order valence-corrected chi connectivity index (χ1v) is 6.28. The summed E-state index contributed by atoms with van der Waals surface area (Å²) < 4.78 is 5.23. The van der Waals surface area contributed by atoms with E-state index in [1.165, 1.54) is 6.42 Å². The largest absolute Gasteiger partial charge is 0.373 e. The van der Waals surface area contributed by atoms with Crippen molar-refractivity contribution in [2.75, 3.05) is 44.2 Å². The summed E-state index contributed by atoms with van der Waals surface area (Å²) in [6.45, 7) is 6.38. The quantitative estimate of drug-likeness (QED) is 0.705. The Morgan fingerprint density at radius 3 is 2.53 bits per heavy atom. The van der Waals surface area contributed by atoms with Crippen LogP contribution in [0.5, 0.6) is 0 Å². The van der Waals surface area contributed by atoms with Crippen molar-refractivity contribution >= 4 is 5.95 Å². The van der Waals surface area contributed by atoms with Gasteiger partial charge in [-0.1, -0.05) is 0 Å². The van der Waals surface area contributed by atoms with E-state index in [1.54, 1.807) is 12.4 Å². The second kappa shape index (κ2) is 4.98. The number of anilines is 1. The topological polar surface area (TPSA) is 44.8 Å². The number of aromatic nitrogens is 2. The number of piperazine rings is 1. The van der Waals surface area contributed by atoms with Gasteiger partial charge in [-0.15, -0.1) is 0 Å². The average molecular weight is 234 g/mol. The van der Waals surface area contributed by atoms with E-state index in [2.05, 4.69) is 19.8 Å². The molecule has 0 aliphatic carbocycles. The van der Waals surface area contributed by atoms with Crippen molar-refractivity contribution in [3.63, 3.8) is 0 Å². The van der Waals surface area contributed by atoms with E-state index in [0.717, 1.165) is 45.3 Å². The number of hydrogen-bond acceptors (Lipinski definition) is 5. The molecular formula is C12H18N4O. The summed E-state index contributed by atoms with van der Waals surface area (Å²) in [5.41, 5.74) is 0. The van der Waals surface area contributed by atoms with E-state index >= 15 is 0 Å². The third kappa shape index (κ3) is 2.92. The van der Waals surface area contributed by atoms with Crippen LogP contribution in [0.1, 0.15) is 6.42 Å². The van der Waals surface area contributed by atoms with Crippen molar-refractivity contribution in [1.29, 1.82) is 0 Å². The molecule has 0 spiro atoms. The fourth-order valence-corrected chi connectivity index (χ4v) is 2.19. The van der Waals surface area contributed by atoms with E-state index in [0.29, 0.717) is 6.10 Å². The first kappa shape index (κ1) is 10.9. The highest BCUT2D eigenvalue weighted by atomic mass is 16.6. The van der Waals surface area contributed by atoms with Crippen LogP contribution in [0, 0.1) is 0 Å². The lowest BCUT2D eigenvalue weighted by atomic mass is 10.2. The smallest absolute Gasteiger partial charge is 0.225 e. The van der Waals surface area contributed by atoms with Crippen LogP contribution in [0.25, 0.3) is 0 Å². The standard InChI is InChI=1S/C12H18N4O/c1-3-13-12(14-4-1)16-8-6-15(7-9-16)5-2-11-10-17-11/h1,3-4,11H,2,5-10H2. The highest BCUT2D eigenvalue weighted by Crippen LogP contribution is 2.15. The summed E-state index contributed by atoms with van der Waals surface area (Å²) in [5, 5.41) is 0. The average Bonchev–Trinajstić information content (AvgIpc) is 3.22. The molecule has 1 atom stereocenters. The van der Waals surface area contributed by atoms with Crippen LogP contribution in [0.3, 0.4) is 0 Å². The Kier molecular flexibility index (Phi) is 3.20. The van der Waals surface area contributed by atoms with Crippen molar-refractivity contribution in [3.8, 4) is 0 Å². The summed E-state index contributed by atoms with van der Waals surface area (Å²) in [6.07, 6.45) is 5.34. The molecule has 2 fully saturated rings. The van der Waals surface area contributed by atoms with Crippen LogP contribution in [0.4, 0.5) is 5.95 Å². The minimum absolute atomic E-state index is 0.547. The molecule has 5 nitrogen and oxygen atoms in total. The Hall–Kier alpha value is -1.20. The van der Waals surface area contributed by atoms with E-state index < -0.39 is 0 Å². The molecule has 3 heterocycles. The molecule has 0 aromatic carbocycles. The SMILES string of the molecule is c1cnc(N2CCN(CCC3CO3)CC2)nc1. The van der Waals surface area contributed by atoms with Crippen molar-refractivity contribution < 1.29 is 4.74 Å². The fraction of sp³-hybridized carbons (Fsp3) is 0.667. The van der Waals surface area contributed by atoms with Gasteiger partial charge in [0.25, 0.3) is 0 Å². The van der Waals surface area contributed by atoms with Gasteiger partial charge in [-0.3, -0.25) is 4.90 Å². The van der Waals surface area contributed by atoms with Gasteiger partial charge in [0.1, 0.15) is 0 Å². The zero-order valence-electron chi connectivity index (χ0n) is 9.96. The fourth-order valence-electron chi connectivity index (χ4n) is 2.19. The molecule has 1 unspecified atom stereocenters.